The Bertz CT molecular complexity index is 744. The summed E-state index contributed by atoms with van der Waals surface area (Å²) in [4.78, 5) is 44.7. The van der Waals surface area contributed by atoms with Crippen LogP contribution in [0, 0.1) is 0 Å². The molecule has 35 heavy (non-hydrogen) atoms. The Morgan fingerprint density at radius 1 is 0.600 bits per heavy atom. The maximum absolute atomic E-state index is 12.1. The zero-order valence-corrected chi connectivity index (χ0v) is 21.1. The second-order valence-electron chi connectivity index (χ2n) is 9.32. The van der Waals surface area contributed by atoms with E-state index < -0.39 is 11.9 Å². The van der Waals surface area contributed by atoms with Crippen molar-refractivity contribution >= 4 is 29.8 Å². The second kappa shape index (κ2) is 19.6. The zero-order chi connectivity index (χ0) is 25.7. The Kier molecular flexibility index (Phi) is 17.0. The van der Waals surface area contributed by atoms with Gasteiger partial charge in [-0.25, -0.2) is 9.59 Å². The molecule has 0 aliphatic carbocycles. The van der Waals surface area contributed by atoms with E-state index in [4.69, 9.17) is 10.2 Å². The number of carboxylic acids is 2. The summed E-state index contributed by atoms with van der Waals surface area (Å²) in [7, 11) is 0. The van der Waals surface area contributed by atoms with Crippen molar-refractivity contribution in [2.75, 3.05) is 5.32 Å². The molecule has 7 nitrogen and oxygen atoms in total. The molecule has 1 amide bonds. The van der Waals surface area contributed by atoms with E-state index in [1.54, 1.807) is 0 Å². The van der Waals surface area contributed by atoms with Crippen molar-refractivity contribution < 1.29 is 29.4 Å². The second-order valence-corrected chi connectivity index (χ2v) is 9.32. The van der Waals surface area contributed by atoms with Crippen LogP contribution in [0.25, 0.3) is 0 Å². The lowest BCUT2D eigenvalue weighted by molar-refractivity contribution is -0.116. The van der Waals surface area contributed by atoms with Crippen LogP contribution in [0.1, 0.15) is 136 Å². The molecule has 0 bridgehead atoms. The third-order valence-corrected chi connectivity index (χ3v) is 6.19. The number of anilines is 1. The summed E-state index contributed by atoms with van der Waals surface area (Å²) in [5.41, 5.74) is -0.143. The van der Waals surface area contributed by atoms with Crippen LogP contribution in [0.2, 0.25) is 0 Å². The molecule has 0 saturated heterocycles. The van der Waals surface area contributed by atoms with Crippen molar-refractivity contribution in [3.8, 4) is 0 Å². The summed E-state index contributed by atoms with van der Waals surface area (Å²) < 4.78 is 0. The molecule has 0 heterocycles. The minimum absolute atomic E-state index is 0.168. The number of benzene rings is 1. The Morgan fingerprint density at radius 3 is 1.34 bits per heavy atom. The molecular formula is C28H43NO6. The highest BCUT2D eigenvalue weighted by atomic mass is 16.4. The first kappa shape index (κ1) is 30.3. The molecule has 0 aromatic heterocycles. The molecule has 0 atom stereocenters. The molecule has 196 valence electrons. The van der Waals surface area contributed by atoms with Gasteiger partial charge in [0.1, 0.15) is 6.29 Å². The van der Waals surface area contributed by atoms with Gasteiger partial charge in [-0.2, -0.15) is 0 Å². The molecule has 0 fully saturated rings. The first-order valence-electron chi connectivity index (χ1n) is 13.3. The molecular weight excluding hydrogens is 446 g/mol. The summed E-state index contributed by atoms with van der Waals surface area (Å²) in [6.45, 7) is 0. The normalized spacial score (nSPS) is 10.7. The summed E-state index contributed by atoms with van der Waals surface area (Å²) in [6.07, 6.45) is 21.2. The number of nitrogens with one attached hydrogen (secondary N) is 1. The fourth-order valence-corrected chi connectivity index (χ4v) is 4.16. The lowest BCUT2D eigenvalue weighted by atomic mass is 10.0. The van der Waals surface area contributed by atoms with Gasteiger partial charge in [0.05, 0.1) is 11.1 Å². The van der Waals surface area contributed by atoms with Crippen molar-refractivity contribution in [3.05, 3.63) is 29.3 Å². The predicted molar refractivity (Wildman–Crippen MR) is 138 cm³/mol. The van der Waals surface area contributed by atoms with Crippen molar-refractivity contribution in [3.63, 3.8) is 0 Å². The number of aldehydes is 1. The van der Waals surface area contributed by atoms with Crippen LogP contribution in [0.3, 0.4) is 0 Å². The number of rotatable bonds is 22. The van der Waals surface area contributed by atoms with Gasteiger partial charge in [-0.05, 0) is 31.0 Å². The van der Waals surface area contributed by atoms with E-state index in [9.17, 15) is 19.2 Å². The van der Waals surface area contributed by atoms with E-state index in [1.165, 1.54) is 89.2 Å². The Balaban J connectivity index is 1.98. The Hall–Kier alpha value is -2.70. The number of hydrogen-bond donors (Lipinski definition) is 3. The average Bonchev–Trinajstić information content (AvgIpc) is 2.83. The highest BCUT2D eigenvalue weighted by Crippen LogP contribution is 2.17. The molecule has 1 aromatic rings. The first-order valence-corrected chi connectivity index (χ1v) is 13.3. The quantitative estimate of drug-likeness (QED) is 0.117. The van der Waals surface area contributed by atoms with Crippen molar-refractivity contribution in [1.82, 2.24) is 0 Å². The number of hydrogen-bond acceptors (Lipinski definition) is 4. The minimum atomic E-state index is -1.24. The van der Waals surface area contributed by atoms with E-state index in [0.29, 0.717) is 12.8 Å². The molecule has 0 aliphatic heterocycles. The van der Waals surface area contributed by atoms with Crippen LogP contribution >= 0.6 is 0 Å². The molecule has 0 saturated carbocycles. The summed E-state index contributed by atoms with van der Waals surface area (Å²) >= 11 is 0. The van der Waals surface area contributed by atoms with Gasteiger partial charge in [-0.1, -0.05) is 89.9 Å². The molecule has 1 aromatic carbocycles. The van der Waals surface area contributed by atoms with E-state index in [2.05, 4.69) is 5.32 Å². The topological polar surface area (TPSA) is 121 Å². The van der Waals surface area contributed by atoms with Gasteiger partial charge < -0.3 is 20.3 Å². The zero-order valence-electron chi connectivity index (χ0n) is 21.1. The van der Waals surface area contributed by atoms with E-state index in [1.807, 2.05) is 0 Å². The smallest absolute Gasteiger partial charge is 0.335 e. The van der Waals surface area contributed by atoms with Gasteiger partial charge in [0.15, 0.2) is 0 Å². The molecule has 7 heteroatoms. The third-order valence-electron chi connectivity index (χ3n) is 6.19. The minimum Gasteiger partial charge on any atom is -0.478 e. The molecule has 1 rings (SSSR count). The molecule has 0 aliphatic rings. The summed E-state index contributed by atoms with van der Waals surface area (Å²) in [5, 5.41) is 20.8. The van der Waals surface area contributed by atoms with Gasteiger partial charge in [0, 0.05) is 18.5 Å². The summed E-state index contributed by atoms with van der Waals surface area (Å²) in [6, 6.07) is 3.61. The lowest BCUT2D eigenvalue weighted by Gasteiger charge is -2.08. The van der Waals surface area contributed by atoms with Gasteiger partial charge in [-0.3, -0.25) is 4.79 Å². The third kappa shape index (κ3) is 15.8. The van der Waals surface area contributed by atoms with Gasteiger partial charge in [-0.15, -0.1) is 0 Å². The number of aromatic carboxylic acids is 2. The van der Waals surface area contributed by atoms with Crippen molar-refractivity contribution in [1.29, 1.82) is 0 Å². The Labute approximate surface area is 209 Å². The largest absolute Gasteiger partial charge is 0.478 e. The number of carboxylic acid groups (broad SMARTS) is 2. The number of carbonyl (C=O) groups excluding carboxylic acids is 2. The molecule has 0 radical (unpaired) electrons. The first-order chi connectivity index (χ1) is 16.9. The standard InChI is InChI=1S/C28H43NO6/c30-19-17-15-13-11-9-7-5-3-1-2-4-6-8-10-12-14-16-18-26(31)29-25-21-23(27(32)33)20-24(22-25)28(34)35/h19-22H,1-18H2,(H,29,31)(H,32,33)(H,34,35). The van der Waals surface area contributed by atoms with Crippen LogP contribution in [-0.4, -0.2) is 34.3 Å². The highest BCUT2D eigenvalue weighted by Gasteiger charge is 2.13. The van der Waals surface area contributed by atoms with E-state index >= 15 is 0 Å². The fraction of sp³-hybridized carbons (Fsp3) is 0.643. The molecule has 0 spiro atoms. The fourth-order valence-electron chi connectivity index (χ4n) is 4.16. The number of unbranched alkanes of at least 4 members (excludes halogenated alkanes) is 16. The van der Waals surface area contributed by atoms with Crippen LogP contribution in [-0.2, 0) is 9.59 Å². The van der Waals surface area contributed by atoms with Crippen molar-refractivity contribution in [2.45, 2.75) is 116 Å². The summed E-state index contributed by atoms with van der Waals surface area (Å²) in [5.74, 6) is -2.71. The van der Waals surface area contributed by atoms with E-state index in [0.717, 1.165) is 38.0 Å². The number of amides is 1. The SMILES string of the molecule is O=CCCCCCCCCCCCCCCCCCCC(=O)Nc1cc(C(=O)O)cc(C(=O)O)c1. The lowest BCUT2D eigenvalue weighted by Crippen LogP contribution is -2.13. The number of carbonyl (C=O) groups is 4. The van der Waals surface area contributed by atoms with Gasteiger partial charge >= 0.3 is 11.9 Å². The highest BCUT2D eigenvalue weighted by molar-refractivity contribution is 5.98. The molecule has 0 unspecified atom stereocenters. The maximum atomic E-state index is 12.1. The van der Waals surface area contributed by atoms with Crippen LogP contribution in [0.4, 0.5) is 5.69 Å². The molecule has 3 N–H and O–H groups in total. The van der Waals surface area contributed by atoms with Crippen LogP contribution in [0.15, 0.2) is 18.2 Å². The van der Waals surface area contributed by atoms with Crippen LogP contribution in [0.5, 0.6) is 0 Å². The van der Waals surface area contributed by atoms with Gasteiger partial charge in [0.2, 0.25) is 5.91 Å². The van der Waals surface area contributed by atoms with Crippen molar-refractivity contribution in [2.24, 2.45) is 0 Å². The predicted octanol–water partition coefficient (Wildman–Crippen LogP) is 7.24. The maximum Gasteiger partial charge on any atom is 0.335 e. The monoisotopic (exact) mass is 489 g/mol. The van der Waals surface area contributed by atoms with Crippen LogP contribution < -0.4 is 5.32 Å². The average molecular weight is 490 g/mol. The van der Waals surface area contributed by atoms with Gasteiger partial charge in [0.25, 0.3) is 0 Å². The Morgan fingerprint density at radius 2 is 0.971 bits per heavy atom. The van der Waals surface area contributed by atoms with E-state index in [-0.39, 0.29) is 22.7 Å².